The van der Waals surface area contributed by atoms with Crippen molar-refractivity contribution in [2.75, 3.05) is 33.7 Å². The summed E-state index contributed by atoms with van der Waals surface area (Å²) in [6, 6.07) is 12.5. The number of aliphatic imine (C=N–C) groups is 1. The van der Waals surface area contributed by atoms with Crippen LogP contribution >= 0.6 is 11.8 Å². The fraction of sp³-hybridized carbons (Fsp3) is 0.273. The lowest BCUT2D eigenvalue weighted by Gasteiger charge is -2.16. The number of carbonyl (C=O) groups is 1. The molecule has 0 saturated heterocycles. The van der Waals surface area contributed by atoms with Gasteiger partial charge in [0.2, 0.25) is 11.5 Å². The summed E-state index contributed by atoms with van der Waals surface area (Å²) in [5, 5.41) is 16.5. The molecule has 0 unspecified atom stereocenters. The zero-order valence-corrected chi connectivity index (χ0v) is 18.6. The Morgan fingerprint density at radius 2 is 1.88 bits per heavy atom. The first-order chi connectivity index (χ1) is 15.5. The molecule has 0 spiro atoms. The molecule has 3 rings (SSSR count). The standard InChI is InChI=1S/C15H17FN2O5S.C7H5N/c1-20-9-7-8(11(17)14(24-3)18-15(19)21-2)10(16)13-12(9)22-5-4-6-23-13;8-6-7-4-2-1-3-5-7/h7,17H,4-6H2,1-3H3;1-5H/b17-11?,18-14-;. The second-order valence-corrected chi connectivity index (χ2v) is 6.89. The number of amides is 1. The van der Waals surface area contributed by atoms with Gasteiger partial charge in [0.25, 0.3) is 0 Å². The van der Waals surface area contributed by atoms with Gasteiger partial charge < -0.3 is 18.9 Å². The van der Waals surface area contributed by atoms with Gasteiger partial charge >= 0.3 is 6.09 Å². The summed E-state index contributed by atoms with van der Waals surface area (Å²) < 4.78 is 35.4. The topological polar surface area (TPSA) is 114 Å². The summed E-state index contributed by atoms with van der Waals surface area (Å²) in [6.07, 6.45) is 1.35. The van der Waals surface area contributed by atoms with Gasteiger partial charge in [-0.05, 0) is 24.5 Å². The third kappa shape index (κ3) is 6.21. The largest absolute Gasteiger partial charge is 0.493 e. The second kappa shape index (κ2) is 12.3. The normalized spacial score (nSPS) is 12.4. The molecule has 2 aromatic rings. The number of carbonyl (C=O) groups excluding carboxylic acids is 1. The van der Waals surface area contributed by atoms with Gasteiger partial charge in [0.05, 0.1) is 44.8 Å². The number of nitriles is 1. The maximum Gasteiger partial charge on any atom is 0.434 e. The molecule has 2 aromatic carbocycles. The van der Waals surface area contributed by atoms with Gasteiger partial charge in [0.1, 0.15) is 5.04 Å². The molecule has 0 radical (unpaired) electrons. The summed E-state index contributed by atoms with van der Waals surface area (Å²) in [6.45, 7) is 0.662. The lowest BCUT2D eigenvalue weighted by Crippen LogP contribution is -2.16. The first-order valence-corrected chi connectivity index (χ1v) is 10.6. The Kier molecular flexibility index (Phi) is 9.50. The molecular formula is C22H22FN3O5S. The quantitative estimate of drug-likeness (QED) is 0.533. The van der Waals surface area contributed by atoms with Crippen LogP contribution in [0, 0.1) is 22.6 Å². The predicted octanol–water partition coefficient (Wildman–Crippen LogP) is 4.45. The summed E-state index contributed by atoms with van der Waals surface area (Å²) in [5.41, 5.74) is 0.333. The van der Waals surface area contributed by atoms with E-state index in [1.54, 1.807) is 18.4 Å². The van der Waals surface area contributed by atoms with E-state index in [1.165, 1.54) is 20.3 Å². The zero-order valence-electron chi connectivity index (χ0n) is 17.8. The average Bonchev–Trinajstić information content (AvgIpc) is 3.10. The summed E-state index contributed by atoms with van der Waals surface area (Å²) in [4.78, 5) is 15.0. The van der Waals surface area contributed by atoms with Crippen molar-refractivity contribution in [3.63, 3.8) is 0 Å². The number of nitrogens with zero attached hydrogens (tertiary/aromatic N) is 2. The van der Waals surface area contributed by atoms with E-state index in [9.17, 15) is 9.18 Å². The molecule has 0 aromatic heterocycles. The molecule has 32 heavy (non-hydrogen) atoms. The predicted molar refractivity (Wildman–Crippen MR) is 120 cm³/mol. The molecule has 10 heteroatoms. The number of ether oxygens (including phenoxy) is 4. The molecule has 168 valence electrons. The molecule has 1 aliphatic heterocycles. The summed E-state index contributed by atoms with van der Waals surface area (Å²) >= 11 is 1.03. The van der Waals surface area contributed by atoms with E-state index < -0.39 is 11.9 Å². The number of fused-ring (bicyclic) bond motifs is 1. The Balaban J connectivity index is 0.000000380. The minimum atomic E-state index is -0.870. The van der Waals surface area contributed by atoms with Crippen LogP contribution in [0.5, 0.6) is 17.2 Å². The van der Waals surface area contributed by atoms with E-state index in [2.05, 4.69) is 9.73 Å². The van der Waals surface area contributed by atoms with Crippen molar-refractivity contribution in [1.82, 2.24) is 0 Å². The molecule has 8 nitrogen and oxygen atoms in total. The van der Waals surface area contributed by atoms with Crippen LogP contribution in [0.4, 0.5) is 9.18 Å². The van der Waals surface area contributed by atoms with Gasteiger partial charge in [-0.3, -0.25) is 5.41 Å². The minimum absolute atomic E-state index is 0.0114. The van der Waals surface area contributed by atoms with Gasteiger partial charge in [0, 0.05) is 12.0 Å². The number of nitrogens with one attached hydrogen (secondary N) is 1. The molecule has 0 aliphatic carbocycles. The smallest absolute Gasteiger partial charge is 0.434 e. The van der Waals surface area contributed by atoms with Crippen LogP contribution in [-0.2, 0) is 4.74 Å². The van der Waals surface area contributed by atoms with Crippen LogP contribution in [0.2, 0.25) is 0 Å². The van der Waals surface area contributed by atoms with Gasteiger partial charge in [-0.25, -0.2) is 9.18 Å². The first-order valence-electron chi connectivity index (χ1n) is 9.37. The molecule has 1 heterocycles. The van der Waals surface area contributed by atoms with Crippen LogP contribution in [-0.4, -0.2) is 50.5 Å². The second-order valence-electron chi connectivity index (χ2n) is 6.09. The van der Waals surface area contributed by atoms with Crippen molar-refractivity contribution in [3.8, 4) is 23.3 Å². The molecule has 0 fully saturated rings. The Bertz CT molecular complexity index is 1040. The lowest BCUT2D eigenvalue weighted by molar-refractivity contribution is 0.183. The molecule has 1 N–H and O–H groups in total. The van der Waals surface area contributed by atoms with Crippen molar-refractivity contribution in [1.29, 1.82) is 10.7 Å². The fourth-order valence-corrected chi connectivity index (χ4v) is 3.04. The van der Waals surface area contributed by atoms with E-state index in [4.69, 9.17) is 24.9 Å². The number of benzene rings is 2. The average molecular weight is 459 g/mol. The van der Waals surface area contributed by atoms with Crippen molar-refractivity contribution >= 4 is 28.6 Å². The fourth-order valence-electron chi connectivity index (χ4n) is 2.56. The number of rotatable bonds is 3. The van der Waals surface area contributed by atoms with Crippen molar-refractivity contribution in [2.45, 2.75) is 6.42 Å². The van der Waals surface area contributed by atoms with E-state index >= 15 is 0 Å². The maximum atomic E-state index is 14.8. The molecule has 0 saturated carbocycles. The SMILES string of the molecule is COC(=O)/N=C(\SC)C(=N)c1cc(OC)c2c(c1F)OCCCO2.N#Cc1ccccc1. The highest BCUT2D eigenvalue weighted by Gasteiger charge is 2.27. The number of halogens is 1. The summed E-state index contributed by atoms with van der Waals surface area (Å²) in [5.74, 6) is -0.458. The Labute approximate surface area is 189 Å². The molecule has 1 aliphatic rings. The minimum Gasteiger partial charge on any atom is -0.493 e. The highest BCUT2D eigenvalue weighted by molar-refractivity contribution is 8.15. The van der Waals surface area contributed by atoms with Crippen LogP contribution in [0.15, 0.2) is 41.4 Å². The third-order valence-corrected chi connectivity index (χ3v) is 4.77. The van der Waals surface area contributed by atoms with Crippen LogP contribution < -0.4 is 14.2 Å². The number of thioether (sulfide) groups is 1. The number of hydrogen-bond donors (Lipinski definition) is 1. The van der Waals surface area contributed by atoms with E-state index in [-0.39, 0.29) is 40.2 Å². The zero-order chi connectivity index (χ0) is 23.5. The summed E-state index contributed by atoms with van der Waals surface area (Å²) in [7, 11) is 2.58. The maximum absolute atomic E-state index is 14.8. The van der Waals surface area contributed by atoms with Crippen LogP contribution in [0.3, 0.4) is 0 Å². The van der Waals surface area contributed by atoms with Crippen LogP contribution in [0.25, 0.3) is 0 Å². The number of methoxy groups -OCH3 is 2. The van der Waals surface area contributed by atoms with Gasteiger partial charge in [-0.15, -0.1) is 11.8 Å². The van der Waals surface area contributed by atoms with Gasteiger partial charge in [-0.2, -0.15) is 10.3 Å². The Morgan fingerprint density at radius 3 is 2.41 bits per heavy atom. The molecular weight excluding hydrogens is 437 g/mol. The van der Waals surface area contributed by atoms with Gasteiger partial charge in [-0.1, -0.05) is 18.2 Å². The Hall–Kier alpha value is -3.58. The number of hydrogen-bond acceptors (Lipinski definition) is 8. The molecule has 1 amide bonds. The first kappa shape index (κ1) is 24.7. The Morgan fingerprint density at radius 1 is 1.22 bits per heavy atom. The third-order valence-electron chi connectivity index (χ3n) is 4.09. The highest BCUT2D eigenvalue weighted by Crippen LogP contribution is 2.43. The van der Waals surface area contributed by atoms with Crippen molar-refractivity contribution in [3.05, 3.63) is 53.3 Å². The van der Waals surface area contributed by atoms with Crippen LogP contribution in [0.1, 0.15) is 17.5 Å². The van der Waals surface area contributed by atoms with Crippen molar-refractivity contribution in [2.24, 2.45) is 4.99 Å². The lowest BCUT2D eigenvalue weighted by atomic mass is 10.1. The van der Waals surface area contributed by atoms with E-state index in [0.717, 1.165) is 11.8 Å². The van der Waals surface area contributed by atoms with Crippen molar-refractivity contribution < 1.29 is 28.1 Å². The monoisotopic (exact) mass is 459 g/mol. The molecule has 0 bridgehead atoms. The van der Waals surface area contributed by atoms with E-state index in [1.807, 2.05) is 24.3 Å². The van der Waals surface area contributed by atoms with E-state index in [0.29, 0.717) is 18.6 Å². The molecule has 0 atom stereocenters. The van der Waals surface area contributed by atoms with Gasteiger partial charge in [0.15, 0.2) is 11.6 Å². The highest BCUT2D eigenvalue weighted by atomic mass is 32.2.